The minimum absolute atomic E-state index is 0.381. The van der Waals surface area contributed by atoms with Gasteiger partial charge in [-0.15, -0.1) is 0 Å². The van der Waals surface area contributed by atoms with E-state index >= 15 is 0 Å². The van der Waals surface area contributed by atoms with Gasteiger partial charge in [0.2, 0.25) is 0 Å². The molecule has 0 amide bonds. The molecule has 2 N–H and O–H groups in total. The molecular weight excluding hydrogens is 270 g/mol. The lowest BCUT2D eigenvalue weighted by atomic mass is 10.1. The van der Waals surface area contributed by atoms with Crippen molar-refractivity contribution in [3.8, 4) is 0 Å². The Hall–Kier alpha value is -2.66. The van der Waals surface area contributed by atoms with Gasteiger partial charge in [0, 0.05) is 12.1 Å². The van der Waals surface area contributed by atoms with Gasteiger partial charge in [0.1, 0.15) is 11.4 Å². The van der Waals surface area contributed by atoms with Gasteiger partial charge in [0.25, 0.3) is 0 Å². The highest BCUT2D eigenvalue weighted by Gasteiger charge is 2.10. The van der Waals surface area contributed by atoms with E-state index in [2.05, 4.69) is 0 Å². The molecule has 0 aliphatic heterocycles. The van der Waals surface area contributed by atoms with Crippen molar-refractivity contribution >= 4 is 23.3 Å². The number of rotatable bonds is 4. The van der Waals surface area contributed by atoms with Crippen LogP contribution in [0.15, 0.2) is 48.5 Å². The first-order valence-electron chi connectivity index (χ1n) is 6.35. The summed E-state index contributed by atoms with van der Waals surface area (Å²) in [4.78, 5) is 23.0. The number of hydrogen-bond acceptors (Lipinski definition) is 4. The van der Waals surface area contributed by atoms with E-state index in [1.54, 1.807) is 36.4 Å². The van der Waals surface area contributed by atoms with Crippen LogP contribution in [0.4, 0.5) is 11.4 Å². The first-order valence-corrected chi connectivity index (χ1v) is 6.35. The van der Waals surface area contributed by atoms with Gasteiger partial charge in [-0.25, -0.2) is 9.59 Å². The lowest BCUT2D eigenvalue weighted by Crippen LogP contribution is -2.71. The van der Waals surface area contributed by atoms with Crippen LogP contribution in [0.2, 0.25) is 0 Å². The maximum absolute atomic E-state index is 11.5. The van der Waals surface area contributed by atoms with Gasteiger partial charge in [-0.3, -0.25) is 5.32 Å². The first kappa shape index (κ1) is 14.7. The normalized spacial score (nSPS) is 10.0. The number of carbonyl (C=O) groups is 2. The number of esters is 2. The fourth-order valence-electron chi connectivity index (χ4n) is 1.94. The van der Waals surface area contributed by atoms with Gasteiger partial charge in [0.15, 0.2) is 0 Å². The summed E-state index contributed by atoms with van der Waals surface area (Å²) in [6.07, 6.45) is 0. The Kier molecular flexibility index (Phi) is 4.68. The average Bonchev–Trinajstić information content (AvgIpc) is 2.53. The van der Waals surface area contributed by atoms with Crippen molar-refractivity contribution in [3.63, 3.8) is 0 Å². The largest absolute Gasteiger partial charge is 0.465 e. The van der Waals surface area contributed by atoms with Crippen LogP contribution in [0.25, 0.3) is 0 Å². The second kappa shape index (κ2) is 6.67. The molecule has 0 atom stereocenters. The lowest BCUT2D eigenvalue weighted by molar-refractivity contribution is -0.478. The monoisotopic (exact) mass is 286 g/mol. The SMILES string of the molecule is COC(=O)c1cccc([NH2+]c2cccc(C(=O)OC)c2)c1. The van der Waals surface area contributed by atoms with Crippen molar-refractivity contribution < 1.29 is 24.4 Å². The fourth-order valence-corrected chi connectivity index (χ4v) is 1.94. The minimum atomic E-state index is -0.381. The Morgan fingerprint density at radius 2 is 1.24 bits per heavy atom. The molecule has 0 unspecified atom stereocenters. The highest BCUT2D eigenvalue weighted by atomic mass is 16.5. The zero-order valence-corrected chi connectivity index (χ0v) is 11.8. The van der Waals surface area contributed by atoms with E-state index in [4.69, 9.17) is 9.47 Å². The zero-order valence-electron chi connectivity index (χ0n) is 11.8. The van der Waals surface area contributed by atoms with Gasteiger partial charge in [-0.05, 0) is 24.3 Å². The van der Waals surface area contributed by atoms with E-state index in [-0.39, 0.29) is 11.9 Å². The molecule has 0 radical (unpaired) electrons. The fraction of sp³-hybridized carbons (Fsp3) is 0.125. The van der Waals surface area contributed by atoms with Gasteiger partial charge < -0.3 is 9.47 Å². The van der Waals surface area contributed by atoms with Crippen molar-refractivity contribution in [2.75, 3.05) is 14.2 Å². The summed E-state index contributed by atoms with van der Waals surface area (Å²) in [5, 5.41) is 1.87. The van der Waals surface area contributed by atoms with E-state index in [1.807, 2.05) is 17.4 Å². The molecule has 5 nitrogen and oxygen atoms in total. The molecule has 0 saturated heterocycles. The molecule has 21 heavy (non-hydrogen) atoms. The summed E-state index contributed by atoms with van der Waals surface area (Å²) in [6.45, 7) is 0. The summed E-state index contributed by atoms with van der Waals surface area (Å²) in [7, 11) is 2.69. The summed E-state index contributed by atoms with van der Waals surface area (Å²) in [5.74, 6) is -0.762. The molecule has 2 aromatic carbocycles. The van der Waals surface area contributed by atoms with Crippen LogP contribution >= 0.6 is 0 Å². The second-order valence-electron chi connectivity index (χ2n) is 4.38. The summed E-state index contributed by atoms with van der Waals surface area (Å²) in [6, 6.07) is 14.1. The maximum atomic E-state index is 11.5. The van der Waals surface area contributed by atoms with Crippen LogP contribution in [0.3, 0.4) is 0 Å². The highest BCUT2D eigenvalue weighted by molar-refractivity contribution is 5.90. The molecule has 0 aliphatic carbocycles. The van der Waals surface area contributed by atoms with E-state index in [9.17, 15) is 9.59 Å². The molecule has 0 heterocycles. The Labute approximate surface area is 122 Å². The summed E-state index contributed by atoms with van der Waals surface area (Å²) < 4.78 is 9.39. The molecule has 0 saturated carbocycles. The zero-order chi connectivity index (χ0) is 15.2. The topological polar surface area (TPSA) is 69.2 Å². The Morgan fingerprint density at radius 3 is 1.62 bits per heavy atom. The molecule has 0 bridgehead atoms. The van der Waals surface area contributed by atoms with Crippen LogP contribution in [-0.2, 0) is 9.47 Å². The van der Waals surface area contributed by atoms with E-state index < -0.39 is 0 Å². The predicted octanol–water partition coefficient (Wildman–Crippen LogP) is 1.79. The molecule has 0 spiro atoms. The molecule has 0 aliphatic rings. The smallest absolute Gasteiger partial charge is 0.338 e. The number of carbonyl (C=O) groups excluding carboxylic acids is 2. The average molecular weight is 286 g/mol. The van der Waals surface area contributed by atoms with Gasteiger partial charge in [0.05, 0.1) is 25.3 Å². The molecule has 5 heteroatoms. The van der Waals surface area contributed by atoms with Crippen LogP contribution in [0.5, 0.6) is 0 Å². The third-order valence-electron chi connectivity index (χ3n) is 2.95. The van der Waals surface area contributed by atoms with Gasteiger partial charge in [-0.1, -0.05) is 12.1 Å². The number of hydrogen-bond donors (Lipinski definition) is 1. The van der Waals surface area contributed by atoms with Crippen molar-refractivity contribution in [3.05, 3.63) is 59.7 Å². The number of methoxy groups -OCH3 is 2. The van der Waals surface area contributed by atoms with Gasteiger partial charge >= 0.3 is 11.9 Å². The molecule has 0 fully saturated rings. The molecular formula is C16H16NO4+. The molecule has 108 valence electrons. The van der Waals surface area contributed by atoms with Crippen molar-refractivity contribution in [2.24, 2.45) is 0 Å². The number of benzene rings is 2. The lowest BCUT2D eigenvalue weighted by Gasteiger charge is -2.04. The Morgan fingerprint density at radius 1 is 0.810 bits per heavy atom. The van der Waals surface area contributed by atoms with Crippen LogP contribution in [-0.4, -0.2) is 26.2 Å². The number of nitrogens with two attached hydrogens (primary N) is 1. The van der Waals surface area contributed by atoms with Crippen LogP contribution < -0.4 is 5.32 Å². The third-order valence-corrected chi connectivity index (χ3v) is 2.95. The number of quaternary nitrogens is 1. The second-order valence-corrected chi connectivity index (χ2v) is 4.38. The van der Waals surface area contributed by atoms with E-state index in [1.165, 1.54) is 14.2 Å². The Balaban J connectivity index is 2.22. The van der Waals surface area contributed by atoms with Crippen LogP contribution in [0.1, 0.15) is 20.7 Å². The summed E-state index contributed by atoms with van der Waals surface area (Å²) in [5.41, 5.74) is 2.66. The highest BCUT2D eigenvalue weighted by Crippen LogP contribution is 2.11. The van der Waals surface area contributed by atoms with Crippen molar-refractivity contribution in [1.82, 2.24) is 0 Å². The van der Waals surface area contributed by atoms with Gasteiger partial charge in [-0.2, -0.15) is 0 Å². The van der Waals surface area contributed by atoms with E-state index in [0.717, 1.165) is 11.4 Å². The molecule has 2 aromatic rings. The minimum Gasteiger partial charge on any atom is -0.465 e. The first-order chi connectivity index (χ1) is 10.1. The van der Waals surface area contributed by atoms with E-state index in [0.29, 0.717) is 11.1 Å². The standard InChI is InChI=1S/C16H15NO4/c1-20-15(18)11-5-3-7-13(9-11)17-14-8-4-6-12(10-14)16(19)21-2/h3-10,17H,1-2H3/p+1. The van der Waals surface area contributed by atoms with Crippen molar-refractivity contribution in [2.45, 2.75) is 0 Å². The molecule has 2 rings (SSSR count). The number of ether oxygens (including phenoxy) is 2. The third kappa shape index (κ3) is 3.67. The van der Waals surface area contributed by atoms with Crippen molar-refractivity contribution in [1.29, 1.82) is 0 Å². The van der Waals surface area contributed by atoms with Crippen LogP contribution in [0, 0.1) is 0 Å². The maximum Gasteiger partial charge on any atom is 0.338 e. The quantitative estimate of drug-likeness (QED) is 0.687. The molecule has 0 aromatic heterocycles. The Bertz CT molecular complexity index is 609. The summed E-state index contributed by atoms with van der Waals surface area (Å²) >= 11 is 0. The predicted molar refractivity (Wildman–Crippen MR) is 76.8 cm³/mol.